The van der Waals surface area contributed by atoms with Gasteiger partial charge in [-0.2, -0.15) is 0 Å². The van der Waals surface area contributed by atoms with Gasteiger partial charge in [0.05, 0.1) is 0 Å². The monoisotopic (exact) mass is 325 g/mol. The maximum absolute atomic E-state index is 12.4. The van der Waals surface area contributed by atoms with Gasteiger partial charge in [0, 0.05) is 18.6 Å². The Kier molecular flexibility index (Phi) is 7.18. The molecule has 0 aliphatic heterocycles. The number of carbonyl (C=O) groups excluding carboxylic acids is 2. The van der Waals surface area contributed by atoms with Crippen molar-refractivity contribution in [3.05, 3.63) is 71.3 Å². The molecule has 0 aliphatic rings. The maximum Gasteiger partial charge on any atom is 0.258 e. The molecular formula is C20H23NO3. The molecule has 0 heterocycles. The van der Waals surface area contributed by atoms with E-state index in [1.165, 1.54) is 0 Å². The molecule has 4 nitrogen and oxygen atoms in total. The van der Waals surface area contributed by atoms with Crippen LogP contribution in [0.2, 0.25) is 0 Å². The van der Waals surface area contributed by atoms with Crippen molar-refractivity contribution < 1.29 is 14.7 Å². The summed E-state index contributed by atoms with van der Waals surface area (Å²) in [6, 6.07) is 17.3. The number of aliphatic hydroxyl groups excluding tert-OH is 1. The van der Waals surface area contributed by atoms with Crippen LogP contribution in [0.1, 0.15) is 47.2 Å². The van der Waals surface area contributed by atoms with Crippen molar-refractivity contribution >= 4 is 11.8 Å². The summed E-state index contributed by atoms with van der Waals surface area (Å²) in [4.78, 5) is 24.2. The highest BCUT2D eigenvalue weighted by molar-refractivity contribution is 6.05. The van der Waals surface area contributed by atoms with Crippen LogP contribution in [-0.4, -0.2) is 23.5 Å². The Morgan fingerprint density at radius 1 is 0.875 bits per heavy atom. The fraction of sp³-hybridized carbons (Fsp3) is 0.300. The van der Waals surface area contributed by atoms with Crippen molar-refractivity contribution in [1.82, 2.24) is 5.32 Å². The Morgan fingerprint density at radius 3 is 2.33 bits per heavy atom. The summed E-state index contributed by atoms with van der Waals surface area (Å²) in [5.41, 5.74) is 2.55. The quantitative estimate of drug-likeness (QED) is 0.733. The normalized spacial score (nSPS) is 10.4. The summed E-state index contributed by atoms with van der Waals surface area (Å²) < 4.78 is 0. The lowest BCUT2D eigenvalue weighted by atomic mass is 9.99. The number of benzene rings is 2. The fourth-order valence-corrected chi connectivity index (χ4v) is 2.54. The fourth-order valence-electron chi connectivity index (χ4n) is 2.54. The highest BCUT2D eigenvalue weighted by Crippen LogP contribution is 2.14. The van der Waals surface area contributed by atoms with E-state index in [9.17, 15) is 9.59 Å². The number of nitrogens with one attached hydrogen (secondary N) is 1. The van der Waals surface area contributed by atoms with Crippen LogP contribution >= 0.6 is 0 Å². The van der Waals surface area contributed by atoms with Gasteiger partial charge < -0.3 is 5.11 Å². The average Bonchev–Trinajstić information content (AvgIpc) is 2.60. The first-order chi connectivity index (χ1) is 11.7. The predicted molar refractivity (Wildman–Crippen MR) is 93.7 cm³/mol. The molecule has 0 bridgehead atoms. The largest absolute Gasteiger partial charge is 0.396 e. The second-order valence-electron chi connectivity index (χ2n) is 5.73. The van der Waals surface area contributed by atoms with Crippen LogP contribution in [0.25, 0.3) is 0 Å². The molecule has 2 amide bonds. The van der Waals surface area contributed by atoms with E-state index < -0.39 is 0 Å². The zero-order valence-corrected chi connectivity index (χ0v) is 13.7. The number of carbonyl (C=O) groups is 2. The second-order valence-corrected chi connectivity index (χ2v) is 5.73. The highest BCUT2D eigenvalue weighted by Gasteiger charge is 2.14. The highest BCUT2D eigenvalue weighted by atomic mass is 16.3. The molecule has 126 valence electrons. The summed E-state index contributed by atoms with van der Waals surface area (Å²) >= 11 is 0. The number of rotatable bonds is 8. The minimum Gasteiger partial charge on any atom is -0.396 e. The lowest BCUT2D eigenvalue weighted by molar-refractivity contribution is -0.120. The Balaban J connectivity index is 1.98. The van der Waals surface area contributed by atoms with Gasteiger partial charge in [0.15, 0.2) is 0 Å². The van der Waals surface area contributed by atoms with Gasteiger partial charge in [0.25, 0.3) is 5.91 Å². The topological polar surface area (TPSA) is 66.4 Å². The molecule has 0 spiro atoms. The smallest absolute Gasteiger partial charge is 0.258 e. The number of hydrogen-bond acceptors (Lipinski definition) is 3. The Hall–Kier alpha value is -2.46. The van der Waals surface area contributed by atoms with Crippen LogP contribution < -0.4 is 5.32 Å². The van der Waals surface area contributed by atoms with Crippen LogP contribution in [0.15, 0.2) is 54.6 Å². The zero-order valence-electron chi connectivity index (χ0n) is 13.7. The van der Waals surface area contributed by atoms with Gasteiger partial charge in [-0.25, -0.2) is 0 Å². The molecule has 4 heteroatoms. The van der Waals surface area contributed by atoms with E-state index in [2.05, 4.69) is 5.32 Å². The molecule has 2 rings (SSSR count). The van der Waals surface area contributed by atoms with Gasteiger partial charge >= 0.3 is 0 Å². The van der Waals surface area contributed by atoms with E-state index in [1.807, 2.05) is 42.5 Å². The zero-order chi connectivity index (χ0) is 17.2. The van der Waals surface area contributed by atoms with Crippen molar-refractivity contribution in [3.8, 4) is 0 Å². The molecule has 0 atom stereocenters. The molecule has 24 heavy (non-hydrogen) atoms. The van der Waals surface area contributed by atoms with Gasteiger partial charge in [-0.3, -0.25) is 14.9 Å². The third-order valence-electron chi connectivity index (χ3n) is 3.81. The van der Waals surface area contributed by atoms with Crippen molar-refractivity contribution in [2.45, 2.75) is 32.1 Å². The molecule has 0 aliphatic carbocycles. The van der Waals surface area contributed by atoms with E-state index in [-0.39, 0.29) is 18.4 Å². The first-order valence-electron chi connectivity index (χ1n) is 8.27. The summed E-state index contributed by atoms with van der Waals surface area (Å²) in [7, 11) is 0. The van der Waals surface area contributed by atoms with Crippen LogP contribution in [-0.2, 0) is 11.2 Å². The summed E-state index contributed by atoms with van der Waals surface area (Å²) in [6.45, 7) is 0.132. The lowest BCUT2D eigenvalue weighted by Crippen LogP contribution is -2.31. The number of amides is 2. The molecular weight excluding hydrogens is 302 g/mol. The van der Waals surface area contributed by atoms with Gasteiger partial charge in [-0.05, 0) is 36.5 Å². The third-order valence-corrected chi connectivity index (χ3v) is 3.81. The number of imide groups is 1. The summed E-state index contributed by atoms with van der Waals surface area (Å²) in [5, 5.41) is 11.2. The summed E-state index contributed by atoms with van der Waals surface area (Å²) in [6.07, 6.45) is 3.08. The minimum atomic E-state index is -0.353. The molecule has 0 aromatic heterocycles. The summed E-state index contributed by atoms with van der Waals surface area (Å²) in [5.74, 6) is -0.624. The van der Waals surface area contributed by atoms with Crippen LogP contribution in [0.3, 0.4) is 0 Å². The van der Waals surface area contributed by atoms with Gasteiger partial charge in [0.2, 0.25) is 5.91 Å². The first-order valence-corrected chi connectivity index (χ1v) is 8.27. The van der Waals surface area contributed by atoms with E-state index >= 15 is 0 Å². The molecule has 0 saturated carbocycles. The number of aliphatic hydroxyl groups is 1. The average molecular weight is 325 g/mol. The number of hydrogen-bond donors (Lipinski definition) is 2. The molecule has 0 radical (unpaired) electrons. The standard InChI is InChI=1S/C20H23NO3/c22-14-8-2-5-13-19(23)21-20(24)18-12-7-6-11-17(18)15-16-9-3-1-4-10-16/h1,3-4,6-7,9-12,22H,2,5,8,13-15H2,(H,21,23,24). The molecule has 0 fully saturated rings. The second kappa shape index (κ2) is 9.63. The molecule has 0 saturated heterocycles. The Morgan fingerprint density at radius 2 is 1.58 bits per heavy atom. The van der Waals surface area contributed by atoms with Gasteiger partial charge in [0.1, 0.15) is 0 Å². The van der Waals surface area contributed by atoms with Crippen molar-refractivity contribution in [2.24, 2.45) is 0 Å². The van der Waals surface area contributed by atoms with Crippen molar-refractivity contribution in [3.63, 3.8) is 0 Å². The van der Waals surface area contributed by atoms with E-state index in [0.717, 1.165) is 17.5 Å². The van der Waals surface area contributed by atoms with E-state index in [1.54, 1.807) is 12.1 Å². The molecule has 2 aromatic rings. The Bertz CT molecular complexity index is 668. The molecule has 0 unspecified atom stereocenters. The number of unbranched alkanes of at least 4 members (excludes halogenated alkanes) is 2. The Labute approximate surface area is 142 Å². The van der Waals surface area contributed by atoms with Crippen LogP contribution in [0.5, 0.6) is 0 Å². The maximum atomic E-state index is 12.4. The minimum absolute atomic E-state index is 0.132. The van der Waals surface area contributed by atoms with Crippen LogP contribution in [0, 0.1) is 0 Å². The molecule has 2 N–H and O–H groups in total. The predicted octanol–water partition coefficient (Wildman–Crippen LogP) is 3.09. The molecule has 2 aromatic carbocycles. The van der Waals surface area contributed by atoms with Crippen LogP contribution in [0.4, 0.5) is 0 Å². The van der Waals surface area contributed by atoms with E-state index in [0.29, 0.717) is 31.2 Å². The SMILES string of the molecule is O=C(CCCCCO)NC(=O)c1ccccc1Cc1ccccc1. The van der Waals surface area contributed by atoms with E-state index in [4.69, 9.17) is 5.11 Å². The lowest BCUT2D eigenvalue weighted by Gasteiger charge is -2.10. The third kappa shape index (κ3) is 5.63. The van der Waals surface area contributed by atoms with Gasteiger partial charge in [-0.15, -0.1) is 0 Å². The van der Waals surface area contributed by atoms with Crippen molar-refractivity contribution in [1.29, 1.82) is 0 Å². The van der Waals surface area contributed by atoms with Gasteiger partial charge in [-0.1, -0.05) is 55.0 Å². The first kappa shape index (κ1) is 17.9. The van der Waals surface area contributed by atoms with Crippen molar-refractivity contribution in [2.75, 3.05) is 6.61 Å².